The third-order valence-electron chi connectivity index (χ3n) is 6.08. The third-order valence-corrected chi connectivity index (χ3v) is 6.08. The highest BCUT2D eigenvalue weighted by atomic mass is 16.6. The second-order valence-corrected chi connectivity index (χ2v) is 8.29. The van der Waals surface area contributed by atoms with Crippen LogP contribution in [-0.2, 0) is 4.74 Å². The number of carbonyl (C=O) groups is 2. The van der Waals surface area contributed by atoms with Gasteiger partial charge in [0.25, 0.3) is 5.91 Å². The van der Waals surface area contributed by atoms with Gasteiger partial charge in [0.15, 0.2) is 0 Å². The van der Waals surface area contributed by atoms with Gasteiger partial charge >= 0.3 is 6.09 Å². The lowest BCUT2D eigenvalue weighted by Crippen LogP contribution is -2.37. The summed E-state index contributed by atoms with van der Waals surface area (Å²) in [4.78, 5) is 30.8. The molecule has 3 fully saturated rings. The summed E-state index contributed by atoms with van der Waals surface area (Å²) >= 11 is 0. The molecular weight excluding hydrogens is 346 g/mol. The van der Waals surface area contributed by atoms with Gasteiger partial charge in [0.05, 0.1) is 17.9 Å². The Hall–Kier alpha value is -2.02. The van der Waals surface area contributed by atoms with Crippen LogP contribution in [-0.4, -0.2) is 78.6 Å². The van der Waals surface area contributed by atoms with Crippen molar-refractivity contribution in [2.45, 2.75) is 26.4 Å². The Morgan fingerprint density at radius 3 is 2.59 bits per heavy atom. The van der Waals surface area contributed by atoms with Gasteiger partial charge in [-0.3, -0.25) is 4.79 Å². The number of furan rings is 1. The summed E-state index contributed by atoms with van der Waals surface area (Å²) in [5, 5.41) is 0. The molecule has 0 bridgehead atoms. The van der Waals surface area contributed by atoms with Crippen molar-refractivity contribution in [2.75, 3.05) is 45.8 Å². The SMILES string of the molecule is CC(C)OC(=O)N1C[C@@H]2C(CN3CCCN(C(=O)c4ccoc4)CC3)[C@@H]2C1. The Morgan fingerprint density at radius 1 is 1.15 bits per heavy atom. The van der Waals surface area contributed by atoms with Crippen LogP contribution in [0.4, 0.5) is 4.79 Å². The first kappa shape index (κ1) is 18.3. The van der Waals surface area contributed by atoms with Crippen molar-refractivity contribution in [3.8, 4) is 0 Å². The first-order valence-corrected chi connectivity index (χ1v) is 10.0. The Balaban J connectivity index is 1.22. The molecule has 1 aromatic heterocycles. The normalized spacial score (nSPS) is 28.2. The minimum atomic E-state index is -0.167. The number of likely N-dealkylation sites (tertiary alicyclic amines) is 1. The van der Waals surface area contributed by atoms with Crippen LogP contribution in [0.1, 0.15) is 30.6 Å². The van der Waals surface area contributed by atoms with E-state index in [1.165, 1.54) is 6.26 Å². The molecule has 1 aromatic rings. The van der Waals surface area contributed by atoms with Crippen LogP contribution < -0.4 is 0 Å². The van der Waals surface area contributed by atoms with Crippen LogP contribution in [0.5, 0.6) is 0 Å². The fraction of sp³-hybridized carbons (Fsp3) is 0.700. The highest BCUT2D eigenvalue weighted by Crippen LogP contribution is 2.52. The summed E-state index contributed by atoms with van der Waals surface area (Å²) in [5.74, 6) is 1.99. The van der Waals surface area contributed by atoms with Crippen molar-refractivity contribution in [3.05, 3.63) is 24.2 Å². The maximum atomic E-state index is 12.5. The smallest absolute Gasteiger partial charge is 0.410 e. The van der Waals surface area contributed by atoms with Crippen molar-refractivity contribution in [2.24, 2.45) is 17.8 Å². The van der Waals surface area contributed by atoms with E-state index in [0.29, 0.717) is 23.3 Å². The molecular formula is C20H29N3O4. The van der Waals surface area contributed by atoms with E-state index >= 15 is 0 Å². The lowest BCUT2D eigenvalue weighted by molar-refractivity contribution is 0.0760. The number of ether oxygens (including phenoxy) is 1. The zero-order valence-electron chi connectivity index (χ0n) is 16.2. The van der Waals surface area contributed by atoms with Crippen molar-refractivity contribution < 1.29 is 18.7 Å². The van der Waals surface area contributed by atoms with E-state index in [2.05, 4.69) is 4.90 Å². The molecule has 3 atom stereocenters. The number of nitrogens with zero attached hydrogens (tertiary/aromatic N) is 3. The standard InChI is InChI=1S/C20H29N3O4/c1-14(2)27-20(25)23-11-17-16(18(17)12-23)10-21-5-3-6-22(8-7-21)19(24)15-4-9-26-13-15/h4,9,13-14,16-18H,3,5-8,10-12H2,1-2H3/t16?,17-,18+. The van der Waals surface area contributed by atoms with Crippen LogP contribution in [0.3, 0.4) is 0 Å². The topological polar surface area (TPSA) is 66.2 Å². The van der Waals surface area contributed by atoms with E-state index in [1.807, 2.05) is 23.6 Å². The van der Waals surface area contributed by atoms with E-state index in [4.69, 9.17) is 9.15 Å². The predicted octanol–water partition coefficient (Wildman–Crippen LogP) is 2.15. The van der Waals surface area contributed by atoms with Gasteiger partial charge in [0.1, 0.15) is 6.26 Å². The van der Waals surface area contributed by atoms with E-state index in [1.54, 1.807) is 12.3 Å². The Kier molecular flexibility index (Phi) is 5.12. The molecule has 1 unspecified atom stereocenters. The zero-order valence-corrected chi connectivity index (χ0v) is 16.2. The maximum Gasteiger partial charge on any atom is 0.410 e. The number of fused-ring (bicyclic) bond motifs is 1. The second-order valence-electron chi connectivity index (χ2n) is 8.29. The number of rotatable bonds is 4. The summed E-state index contributed by atoms with van der Waals surface area (Å²) in [6.07, 6.45) is 3.84. The van der Waals surface area contributed by atoms with Gasteiger partial charge < -0.3 is 23.9 Å². The monoisotopic (exact) mass is 375 g/mol. The van der Waals surface area contributed by atoms with Crippen LogP contribution in [0.15, 0.2) is 23.0 Å². The summed E-state index contributed by atoms with van der Waals surface area (Å²) in [6, 6.07) is 1.73. The lowest BCUT2D eigenvalue weighted by Gasteiger charge is -2.24. The molecule has 2 amide bonds. The highest BCUT2D eigenvalue weighted by Gasteiger charge is 2.57. The number of hydrogen-bond donors (Lipinski definition) is 0. The largest absolute Gasteiger partial charge is 0.472 e. The van der Waals surface area contributed by atoms with Crippen molar-refractivity contribution in [1.29, 1.82) is 0 Å². The second kappa shape index (κ2) is 7.54. The van der Waals surface area contributed by atoms with Crippen molar-refractivity contribution in [1.82, 2.24) is 14.7 Å². The molecule has 2 aliphatic heterocycles. The minimum Gasteiger partial charge on any atom is -0.472 e. The summed E-state index contributed by atoms with van der Waals surface area (Å²) in [5.41, 5.74) is 0.633. The van der Waals surface area contributed by atoms with Crippen LogP contribution >= 0.6 is 0 Å². The van der Waals surface area contributed by atoms with Gasteiger partial charge in [0, 0.05) is 39.3 Å². The molecule has 2 saturated heterocycles. The molecule has 1 aliphatic carbocycles. The number of amides is 2. The molecule has 3 heterocycles. The van der Waals surface area contributed by atoms with Crippen molar-refractivity contribution in [3.63, 3.8) is 0 Å². The predicted molar refractivity (Wildman–Crippen MR) is 99.3 cm³/mol. The van der Waals surface area contributed by atoms with Gasteiger partial charge in [-0.05, 0) is 50.6 Å². The summed E-state index contributed by atoms with van der Waals surface area (Å²) in [6.45, 7) is 10.0. The Bertz CT molecular complexity index is 663. The Labute approximate surface area is 160 Å². The van der Waals surface area contributed by atoms with Gasteiger partial charge in [0.2, 0.25) is 0 Å². The van der Waals surface area contributed by atoms with E-state index < -0.39 is 0 Å². The molecule has 4 rings (SSSR count). The molecule has 0 spiro atoms. The third kappa shape index (κ3) is 3.98. The number of hydrogen-bond acceptors (Lipinski definition) is 5. The van der Waals surface area contributed by atoms with Gasteiger partial charge in [-0.15, -0.1) is 0 Å². The van der Waals surface area contributed by atoms with E-state index in [-0.39, 0.29) is 18.1 Å². The number of piperidine rings is 1. The zero-order chi connectivity index (χ0) is 19.0. The van der Waals surface area contributed by atoms with Crippen molar-refractivity contribution >= 4 is 12.0 Å². The molecule has 0 aromatic carbocycles. The lowest BCUT2D eigenvalue weighted by atomic mass is 10.2. The maximum absolute atomic E-state index is 12.5. The Morgan fingerprint density at radius 2 is 1.93 bits per heavy atom. The molecule has 0 N–H and O–H groups in total. The first-order valence-electron chi connectivity index (χ1n) is 10.0. The van der Waals surface area contributed by atoms with Gasteiger partial charge in [-0.25, -0.2) is 4.79 Å². The van der Waals surface area contributed by atoms with Crippen LogP contribution in [0, 0.1) is 17.8 Å². The van der Waals surface area contributed by atoms with Gasteiger partial charge in [-0.2, -0.15) is 0 Å². The van der Waals surface area contributed by atoms with Crippen LogP contribution in [0.25, 0.3) is 0 Å². The highest BCUT2D eigenvalue weighted by molar-refractivity contribution is 5.93. The summed E-state index contributed by atoms with van der Waals surface area (Å²) < 4.78 is 10.3. The molecule has 7 heteroatoms. The molecule has 0 radical (unpaired) electrons. The quantitative estimate of drug-likeness (QED) is 0.807. The summed E-state index contributed by atoms with van der Waals surface area (Å²) in [7, 11) is 0. The molecule has 7 nitrogen and oxygen atoms in total. The minimum absolute atomic E-state index is 0.0602. The fourth-order valence-corrected chi connectivity index (χ4v) is 4.57. The average Bonchev–Trinajstić information content (AvgIpc) is 3.01. The van der Waals surface area contributed by atoms with E-state index in [9.17, 15) is 9.59 Å². The molecule has 1 saturated carbocycles. The first-order chi connectivity index (χ1) is 13.0. The number of carbonyl (C=O) groups excluding carboxylic acids is 2. The van der Waals surface area contributed by atoms with Crippen LogP contribution in [0.2, 0.25) is 0 Å². The average molecular weight is 375 g/mol. The van der Waals surface area contributed by atoms with E-state index in [0.717, 1.165) is 52.2 Å². The molecule has 148 valence electrons. The fourth-order valence-electron chi connectivity index (χ4n) is 4.57. The van der Waals surface area contributed by atoms with Gasteiger partial charge in [-0.1, -0.05) is 0 Å². The molecule has 3 aliphatic rings. The molecule has 27 heavy (non-hydrogen) atoms.